The smallest absolute Gasteiger partial charge is 0.337 e. The first-order chi connectivity index (χ1) is 13.5. The van der Waals surface area contributed by atoms with Crippen molar-refractivity contribution in [1.29, 1.82) is 0 Å². The van der Waals surface area contributed by atoms with Crippen molar-refractivity contribution in [2.75, 3.05) is 13.7 Å². The first kappa shape index (κ1) is 22.1. The third-order valence-electron chi connectivity index (χ3n) is 4.95. The Morgan fingerprint density at radius 2 is 1.97 bits per heavy atom. The zero-order valence-electron chi connectivity index (χ0n) is 17.5. The van der Waals surface area contributed by atoms with E-state index in [9.17, 15) is 4.79 Å². The van der Waals surface area contributed by atoms with Gasteiger partial charge in [-0.3, -0.25) is 4.57 Å². The van der Waals surface area contributed by atoms with Crippen LogP contribution in [0.1, 0.15) is 34.6 Å². The summed E-state index contributed by atoms with van der Waals surface area (Å²) in [6, 6.07) is 0. The molecule has 10 heteroatoms. The summed E-state index contributed by atoms with van der Waals surface area (Å²) in [6.45, 7) is 9.38. The van der Waals surface area contributed by atoms with Gasteiger partial charge in [-0.2, -0.15) is 0 Å². The van der Waals surface area contributed by atoms with Crippen LogP contribution in [0.5, 0.6) is 0 Å². The van der Waals surface area contributed by atoms with Gasteiger partial charge in [0.05, 0.1) is 13.7 Å². The minimum absolute atomic E-state index is 0.209. The van der Waals surface area contributed by atoms with E-state index in [-0.39, 0.29) is 11.1 Å². The van der Waals surface area contributed by atoms with Crippen molar-refractivity contribution in [2.24, 2.45) is 5.92 Å². The summed E-state index contributed by atoms with van der Waals surface area (Å²) < 4.78 is 36.2. The number of aromatic nitrogens is 2. The van der Waals surface area contributed by atoms with Crippen molar-refractivity contribution >= 4 is 23.4 Å². The standard InChI is InChI=1S/C19H28N2O7S/c1-11(14-15(16(22)23-6)28-19(4,5)27-14)13(12-9-24-18(2,3)26-12)25-17(29)21-8-7-20-10-21/h7-8,10-15H,9H2,1-6H3/t11-,12+,13-,14+,15-/m1/s1. The lowest BCUT2D eigenvalue weighted by atomic mass is 9.90. The number of methoxy groups -OCH3 is 1. The maximum absolute atomic E-state index is 12.3. The molecule has 5 atom stereocenters. The van der Waals surface area contributed by atoms with Crippen molar-refractivity contribution in [3.05, 3.63) is 18.7 Å². The molecule has 3 heterocycles. The third-order valence-corrected chi connectivity index (χ3v) is 5.25. The molecule has 0 aliphatic carbocycles. The molecule has 0 spiro atoms. The van der Waals surface area contributed by atoms with Gasteiger partial charge in [0.15, 0.2) is 17.7 Å². The van der Waals surface area contributed by atoms with Gasteiger partial charge in [-0.15, -0.1) is 0 Å². The lowest BCUT2D eigenvalue weighted by Crippen LogP contribution is -2.48. The monoisotopic (exact) mass is 428 g/mol. The van der Waals surface area contributed by atoms with E-state index in [2.05, 4.69) is 4.98 Å². The van der Waals surface area contributed by atoms with Crippen LogP contribution in [0, 0.1) is 5.92 Å². The van der Waals surface area contributed by atoms with Crippen molar-refractivity contribution in [3.63, 3.8) is 0 Å². The molecule has 0 unspecified atom stereocenters. The number of carbonyl (C=O) groups excluding carboxylic acids is 1. The van der Waals surface area contributed by atoms with Gasteiger partial charge in [0, 0.05) is 18.3 Å². The Morgan fingerprint density at radius 3 is 2.52 bits per heavy atom. The van der Waals surface area contributed by atoms with Crippen LogP contribution in [-0.2, 0) is 33.2 Å². The molecule has 0 N–H and O–H groups in total. The van der Waals surface area contributed by atoms with E-state index in [0.29, 0.717) is 6.61 Å². The number of hydrogen-bond donors (Lipinski definition) is 0. The van der Waals surface area contributed by atoms with Crippen molar-refractivity contribution in [1.82, 2.24) is 9.55 Å². The van der Waals surface area contributed by atoms with Gasteiger partial charge < -0.3 is 28.4 Å². The van der Waals surface area contributed by atoms with Gasteiger partial charge in [-0.1, -0.05) is 6.92 Å². The molecule has 3 rings (SSSR count). The van der Waals surface area contributed by atoms with Crippen LogP contribution >= 0.6 is 12.2 Å². The van der Waals surface area contributed by atoms with Gasteiger partial charge >= 0.3 is 5.97 Å². The van der Waals surface area contributed by atoms with E-state index < -0.39 is 42.0 Å². The van der Waals surface area contributed by atoms with Gasteiger partial charge in [0.2, 0.25) is 0 Å². The third kappa shape index (κ3) is 4.95. The Bertz CT molecular complexity index is 737. The Kier molecular flexibility index (Phi) is 6.30. The molecule has 9 nitrogen and oxygen atoms in total. The first-order valence-corrected chi connectivity index (χ1v) is 9.88. The van der Waals surface area contributed by atoms with Crippen molar-refractivity contribution in [3.8, 4) is 0 Å². The molecule has 0 radical (unpaired) electrons. The normalized spacial score (nSPS) is 29.9. The minimum Gasteiger partial charge on any atom is -0.467 e. The van der Waals surface area contributed by atoms with Gasteiger partial charge in [-0.25, -0.2) is 9.78 Å². The fourth-order valence-corrected chi connectivity index (χ4v) is 3.82. The number of imidazole rings is 1. The number of ether oxygens (including phenoxy) is 6. The molecule has 0 amide bonds. The second-order valence-corrected chi connectivity index (χ2v) is 8.44. The lowest BCUT2D eigenvalue weighted by molar-refractivity contribution is -0.171. The Hall–Kier alpha value is -1.59. The summed E-state index contributed by atoms with van der Waals surface area (Å²) in [5, 5.41) is 0.209. The quantitative estimate of drug-likeness (QED) is 0.515. The van der Waals surface area contributed by atoms with E-state index >= 15 is 0 Å². The average Bonchev–Trinajstić information content (AvgIpc) is 3.37. The molecule has 162 valence electrons. The molecule has 2 aliphatic heterocycles. The van der Waals surface area contributed by atoms with Crippen LogP contribution in [0.2, 0.25) is 0 Å². The molecule has 0 saturated carbocycles. The van der Waals surface area contributed by atoms with Crippen LogP contribution < -0.4 is 0 Å². The van der Waals surface area contributed by atoms with Crippen LogP contribution in [0.15, 0.2) is 18.7 Å². The highest BCUT2D eigenvalue weighted by Crippen LogP contribution is 2.37. The summed E-state index contributed by atoms with van der Waals surface area (Å²) in [5.41, 5.74) is 0. The van der Waals surface area contributed by atoms with Crippen LogP contribution in [0.3, 0.4) is 0 Å². The molecule has 1 aromatic rings. The number of hydrogen-bond acceptors (Lipinski definition) is 9. The van der Waals surface area contributed by atoms with Crippen LogP contribution in [-0.4, -0.2) is 70.4 Å². The van der Waals surface area contributed by atoms with E-state index in [0.717, 1.165) is 0 Å². The number of carbonyl (C=O) groups is 1. The molecule has 0 aromatic carbocycles. The first-order valence-electron chi connectivity index (χ1n) is 9.47. The highest BCUT2D eigenvalue weighted by Gasteiger charge is 2.53. The predicted molar refractivity (Wildman–Crippen MR) is 105 cm³/mol. The second-order valence-electron chi connectivity index (χ2n) is 8.09. The van der Waals surface area contributed by atoms with Crippen molar-refractivity contribution in [2.45, 2.75) is 70.6 Å². The molecule has 0 bridgehead atoms. The molecule has 2 aliphatic rings. The predicted octanol–water partition coefficient (Wildman–Crippen LogP) is 1.88. The van der Waals surface area contributed by atoms with E-state index in [4.69, 9.17) is 40.6 Å². The zero-order chi connectivity index (χ0) is 21.4. The van der Waals surface area contributed by atoms with Gasteiger partial charge in [-0.05, 0) is 39.9 Å². The zero-order valence-corrected chi connectivity index (χ0v) is 18.3. The largest absolute Gasteiger partial charge is 0.467 e. The molecular formula is C19H28N2O7S. The fraction of sp³-hybridized carbons (Fsp3) is 0.737. The van der Waals surface area contributed by atoms with Crippen LogP contribution in [0.4, 0.5) is 0 Å². The van der Waals surface area contributed by atoms with E-state index in [1.165, 1.54) is 7.11 Å². The number of thiocarbonyl (C=S) groups is 1. The summed E-state index contributed by atoms with van der Waals surface area (Å²) in [5.74, 6) is -2.55. The topological polar surface area (TPSA) is 90.3 Å². The van der Waals surface area contributed by atoms with Gasteiger partial charge in [0.1, 0.15) is 24.6 Å². The molecule has 1 aromatic heterocycles. The Morgan fingerprint density at radius 1 is 1.24 bits per heavy atom. The van der Waals surface area contributed by atoms with Crippen molar-refractivity contribution < 1.29 is 33.2 Å². The summed E-state index contributed by atoms with van der Waals surface area (Å²) in [7, 11) is 1.32. The highest BCUT2D eigenvalue weighted by molar-refractivity contribution is 7.80. The number of esters is 1. The summed E-state index contributed by atoms with van der Waals surface area (Å²) in [4.78, 5) is 16.3. The van der Waals surface area contributed by atoms with E-state index in [1.54, 1.807) is 37.1 Å². The maximum atomic E-state index is 12.3. The summed E-state index contributed by atoms with van der Waals surface area (Å²) >= 11 is 5.43. The number of rotatable bonds is 5. The van der Waals surface area contributed by atoms with Crippen LogP contribution in [0.25, 0.3) is 0 Å². The van der Waals surface area contributed by atoms with Gasteiger partial charge in [0.25, 0.3) is 5.17 Å². The second kappa shape index (κ2) is 8.27. The lowest BCUT2D eigenvalue weighted by Gasteiger charge is -2.33. The SMILES string of the molecule is COC(=O)[C@@H]1OC(C)(C)O[C@H]1[C@H](C)[C@@H](OC(=S)n1ccnc1)[C@@H]1COC(C)(C)O1. The minimum atomic E-state index is -0.945. The molecular weight excluding hydrogens is 400 g/mol. The Labute approximate surface area is 175 Å². The molecule has 29 heavy (non-hydrogen) atoms. The fourth-order valence-electron chi connectivity index (χ4n) is 3.60. The highest BCUT2D eigenvalue weighted by atomic mass is 32.1. The number of nitrogens with zero attached hydrogens (tertiary/aromatic N) is 2. The summed E-state index contributed by atoms with van der Waals surface area (Å²) in [6.07, 6.45) is 2.34. The van der Waals surface area contributed by atoms with E-state index in [1.807, 2.05) is 20.8 Å². The maximum Gasteiger partial charge on any atom is 0.337 e. The average molecular weight is 429 g/mol. The molecule has 2 fully saturated rings. The Balaban J connectivity index is 1.85. The molecule has 2 saturated heterocycles.